The summed E-state index contributed by atoms with van der Waals surface area (Å²) in [7, 11) is 0. The van der Waals surface area contributed by atoms with Crippen LogP contribution in [-0.4, -0.2) is 36.3 Å². The van der Waals surface area contributed by atoms with Crippen molar-refractivity contribution in [1.29, 1.82) is 0 Å². The Morgan fingerprint density at radius 3 is 2.73 bits per heavy atom. The van der Waals surface area contributed by atoms with Gasteiger partial charge in [-0.1, -0.05) is 0 Å². The number of rotatable bonds is 6. The smallest absolute Gasteiger partial charge is 0.166 e. The number of nitrogens with two attached hydrogens (primary N) is 1. The number of nitrogens with zero attached hydrogens (tertiary/aromatic N) is 5. The van der Waals surface area contributed by atoms with Crippen LogP contribution in [0.25, 0.3) is 27.5 Å². The number of halogens is 2. The molecule has 0 radical (unpaired) electrons. The molecule has 1 unspecified atom stereocenters. The first-order chi connectivity index (χ1) is 15.9. The van der Waals surface area contributed by atoms with Crippen LogP contribution in [0.15, 0.2) is 55.0 Å². The standard InChI is InChI=1S/C23H20F2N6O2/c1-13(33-21-9-14-7-16(24)10-18(25)22(14)29-23(21)26)17-11-19-15(12-28-31(19)5-6-32)8-20(17)30-4-2-3-27-30/h2-4,7-13,32H,5-6H2,1H3,(H2,26,29). The molecular weight excluding hydrogens is 430 g/mol. The summed E-state index contributed by atoms with van der Waals surface area (Å²) in [6.45, 7) is 2.13. The molecule has 8 nitrogen and oxygen atoms in total. The molecule has 0 aliphatic rings. The number of aliphatic hydroxyl groups is 1. The normalized spacial score (nSPS) is 12.5. The highest BCUT2D eigenvalue weighted by Crippen LogP contribution is 2.34. The first-order valence-electron chi connectivity index (χ1n) is 10.3. The van der Waals surface area contributed by atoms with E-state index in [1.54, 1.807) is 21.8 Å². The lowest BCUT2D eigenvalue weighted by molar-refractivity contribution is 0.227. The van der Waals surface area contributed by atoms with E-state index in [-0.39, 0.29) is 29.1 Å². The highest BCUT2D eigenvalue weighted by molar-refractivity contribution is 5.84. The Labute approximate surface area is 186 Å². The molecule has 10 heteroatoms. The lowest BCUT2D eigenvalue weighted by Crippen LogP contribution is -2.11. The third-order valence-electron chi connectivity index (χ3n) is 5.42. The monoisotopic (exact) mass is 450 g/mol. The summed E-state index contributed by atoms with van der Waals surface area (Å²) in [5, 5.41) is 19.2. The summed E-state index contributed by atoms with van der Waals surface area (Å²) in [5.74, 6) is -1.31. The number of anilines is 1. The van der Waals surface area contributed by atoms with Gasteiger partial charge in [-0.2, -0.15) is 10.2 Å². The van der Waals surface area contributed by atoms with Crippen molar-refractivity contribution < 1.29 is 18.6 Å². The van der Waals surface area contributed by atoms with Crippen molar-refractivity contribution in [2.75, 3.05) is 12.3 Å². The van der Waals surface area contributed by atoms with E-state index < -0.39 is 17.7 Å². The molecule has 168 valence electrons. The first kappa shape index (κ1) is 20.8. The van der Waals surface area contributed by atoms with E-state index in [9.17, 15) is 13.9 Å². The molecule has 0 aliphatic heterocycles. The van der Waals surface area contributed by atoms with Crippen LogP contribution in [0.2, 0.25) is 0 Å². The Bertz CT molecular complexity index is 1470. The Kier molecular flexibility index (Phi) is 5.14. The molecule has 0 fully saturated rings. The Morgan fingerprint density at radius 2 is 1.97 bits per heavy atom. The highest BCUT2D eigenvalue weighted by Gasteiger charge is 2.20. The van der Waals surface area contributed by atoms with E-state index in [2.05, 4.69) is 15.2 Å². The molecule has 0 amide bonds. The SMILES string of the molecule is CC(Oc1cc2cc(F)cc(F)c2nc1N)c1cc2c(cnn2CCO)cc1-n1cccn1. The van der Waals surface area contributed by atoms with Gasteiger partial charge in [0.15, 0.2) is 17.4 Å². The van der Waals surface area contributed by atoms with Gasteiger partial charge in [0.2, 0.25) is 0 Å². The van der Waals surface area contributed by atoms with Crippen molar-refractivity contribution in [2.24, 2.45) is 0 Å². The van der Waals surface area contributed by atoms with Gasteiger partial charge >= 0.3 is 0 Å². The molecule has 0 saturated heterocycles. The number of benzene rings is 2. The maximum atomic E-state index is 14.1. The van der Waals surface area contributed by atoms with E-state index in [4.69, 9.17) is 10.5 Å². The molecule has 0 aliphatic carbocycles. The van der Waals surface area contributed by atoms with E-state index in [0.717, 1.165) is 28.2 Å². The van der Waals surface area contributed by atoms with Crippen LogP contribution >= 0.6 is 0 Å². The fourth-order valence-corrected chi connectivity index (χ4v) is 3.89. The van der Waals surface area contributed by atoms with Crippen LogP contribution in [0, 0.1) is 11.6 Å². The molecule has 33 heavy (non-hydrogen) atoms. The zero-order valence-corrected chi connectivity index (χ0v) is 17.6. The average Bonchev–Trinajstić information content (AvgIpc) is 3.44. The summed E-state index contributed by atoms with van der Waals surface area (Å²) >= 11 is 0. The molecule has 3 N–H and O–H groups in total. The van der Waals surface area contributed by atoms with E-state index in [1.807, 2.05) is 31.3 Å². The minimum atomic E-state index is -0.792. The van der Waals surface area contributed by atoms with E-state index >= 15 is 0 Å². The molecule has 0 saturated carbocycles. The number of nitrogen functional groups attached to an aromatic ring is 1. The van der Waals surface area contributed by atoms with Gasteiger partial charge in [-0.15, -0.1) is 0 Å². The first-order valence-corrected chi connectivity index (χ1v) is 10.3. The maximum absolute atomic E-state index is 14.1. The summed E-state index contributed by atoms with van der Waals surface area (Å²) in [6, 6.07) is 9.08. The average molecular weight is 450 g/mol. The van der Waals surface area contributed by atoms with Gasteiger partial charge in [0.05, 0.1) is 30.6 Å². The van der Waals surface area contributed by atoms with Crippen LogP contribution in [0.3, 0.4) is 0 Å². The van der Waals surface area contributed by atoms with Crippen LogP contribution in [-0.2, 0) is 6.54 Å². The largest absolute Gasteiger partial charge is 0.482 e. The molecule has 3 aromatic heterocycles. The van der Waals surface area contributed by atoms with E-state index in [1.165, 1.54) is 12.1 Å². The lowest BCUT2D eigenvalue weighted by Gasteiger charge is -2.20. The van der Waals surface area contributed by atoms with Crippen LogP contribution in [0.5, 0.6) is 5.75 Å². The third kappa shape index (κ3) is 3.74. The molecular formula is C23H20F2N6O2. The minimum absolute atomic E-state index is 0.00750. The van der Waals surface area contributed by atoms with Crippen molar-refractivity contribution in [1.82, 2.24) is 24.5 Å². The molecule has 0 bridgehead atoms. The topological polar surface area (TPSA) is 104 Å². The lowest BCUT2D eigenvalue weighted by atomic mass is 10.1. The number of pyridine rings is 1. The number of aliphatic hydroxyl groups excluding tert-OH is 1. The number of aromatic nitrogens is 5. The fraction of sp³-hybridized carbons (Fsp3) is 0.174. The summed E-state index contributed by atoms with van der Waals surface area (Å²) in [5.41, 5.74) is 8.37. The van der Waals surface area contributed by atoms with Gasteiger partial charge in [0.1, 0.15) is 17.4 Å². The second kappa shape index (κ2) is 8.14. The second-order valence-corrected chi connectivity index (χ2v) is 7.60. The van der Waals surface area contributed by atoms with Gasteiger partial charge in [0, 0.05) is 34.8 Å². The zero-order chi connectivity index (χ0) is 23.1. The van der Waals surface area contributed by atoms with Gasteiger partial charge < -0.3 is 15.6 Å². The summed E-state index contributed by atoms with van der Waals surface area (Å²) in [4.78, 5) is 4.07. The van der Waals surface area contributed by atoms with Crippen molar-refractivity contribution in [3.05, 3.63) is 72.2 Å². The van der Waals surface area contributed by atoms with Crippen molar-refractivity contribution in [2.45, 2.75) is 19.6 Å². The molecule has 3 heterocycles. The molecule has 5 rings (SSSR count). The van der Waals surface area contributed by atoms with Gasteiger partial charge in [-0.05, 0) is 37.3 Å². The molecule has 1 atom stereocenters. The Morgan fingerprint density at radius 1 is 1.12 bits per heavy atom. The number of fused-ring (bicyclic) bond motifs is 2. The van der Waals surface area contributed by atoms with Gasteiger partial charge in [-0.3, -0.25) is 4.68 Å². The number of hydrogen-bond acceptors (Lipinski definition) is 6. The van der Waals surface area contributed by atoms with Crippen LogP contribution in [0.4, 0.5) is 14.6 Å². The van der Waals surface area contributed by atoms with Crippen molar-refractivity contribution in [3.8, 4) is 11.4 Å². The summed E-state index contributed by atoms with van der Waals surface area (Å²) < 4.78 is 37.3. The molecule has 0 spiro atoms. The van der Waals surface area contributed by atoms with Crippen molar-refractivity contribution >= 4 is 27.6 Å². The predicted molar refractivity (Wildman–Crippen MR) is 119 cm³/mol. The number of hydrogen-bond donors (Lipinski definition) is 2. The third-order valence-corrected chi connectivity index (χ3v) is 5.42. The predicted octanol–water partition coefficient (Wildman–Crippen LogP) is 3.76. The maximum Gasteiger partial charge on any atom is 0.166 e. The molecule has 5 aromatic rings. The van der Waals surface area contributed by atoms with Crippen molar-refractivity contribution in [3.63, 3.8) is 0 Å². The fourth-order valence-electron chi connectivity index (χ4n) is 3.89. The van der Waals surface area contributed by atoms with Gasteiger partial charge in [-0.25, -0.2) is 18.4 Å². The number of ether oxygens (including phenoxy) is 1. The Balaban J connectivity index is 1.60. The van der Waals surface area contributed by atoms with Gasteiger partial charge in [0.25, 0.3) is 0 Å². The van der Waals surface area contributed by atoms with E-state index in [0.29, 0.717) is 6.54 Å². The van der Waals surface area contributed by atoms with Crippen LogP contribution in [0.1, 0.15) is 18.6 Å². The summed E-state index contributed by atoms with van der Waals surface area (Å²) in [6.07, 6.45) is 4.67. The molecule has 2 aromatic carbocycles. The van der Waals surface area contributed by atoms with Crippen LogP contribution < -0.4 is 10.5 Å². The second-order valence-electron chi connectivity index (χ2n) is 7.60. The zero-order valence-electron chi connectivity index (χ0n) is 17.6. The Hall–Kier alpha value is -4.05. The highest BCUT2D eigenvalue weighted by atomic mass is 19.1. The quantitative estimate of drug-likeness (QED) is 0.408. The minimum Gasteiger partial charge on any atom is -0.482 e.